The molecule has 1 amide bonds. The van der Waals surface area contributed by atoms with Crippen LogP contribution in [-0.2, 0) is 50.6 Å². The summed E-state index contributed by atoms with van der Waals surface area (Å²) in [5.74, 6) is -9.42. The Morgan fingerprint density at radius 2 is 1.65 bits per heavy atom. The number of sulfone groups is 1. The molecule has 3 aromatic carbocycles. The van der Waals surface area contributed by atoms with Crippen molar-refractivity contribution in [1.29, 1.82) is 0 Å². The van der Waals surface area contributed by atoms with E-state index >= 15 is 13.6 Å². The van der Waals surface area contributed by atoms with Gasteiger partial charge in [0.05, 0.1) is 49.9 Å². The summed E-state index contributed by atoms with van der Waals surface area (Å²) in [5, 5.41) is 10.5. The van der Waals surface area contributed by atoms with Crippen molar-refractivity contribution in [2.24, 2.45) is 13.0 Å². The molecule has 338 valence electrons. The number of sulfonamides is 1. The van der Waals surface area contributed by atoms with Crippen molar-refractivity contribution in [2.45, 2.75) is 48.6 Å². The zero-order valence-electron chi connectivity index (χ0n) is 33.8. The summed E-state index contributed by atoms with van der Waals surface area (Å²) < 4.78 is 143. The van der Waals surface area contributed by atoms with Crippen LogP contribution in [0.4, 0.5) is 32.2 Å². The van der Waals surface area contributed by atoms with Gasteiger partial charge >= 0.3 is 0 Å². The molecule has 15 nitrogen and oxygen atoms in total. The fourth-order valence-corrected chi connectivity index (χ4v) is 9.86. The average molecular weight is 960 g/mol. The Bertz CT molecular complexity index is 3440. The van der Waals surface area contributed by atoms with Gasteiger partial charge in [0.15, 0.2) is 21.3 Å². The van der Waals surface area contributed by atoms with Crippen molar-refractivity contribution in [3.63, 3.8) is 0 Å². The van der Waals surface area contributed by atoms with E-state index in [1.165, 1.54) is 60.3 Å². The summed E-state index contributed by atoms with van der Waals surface area (Å²) in [6.45, 7) is -1.03. The van der Waals surface area contributed by atoms with Crippen LogP contribution in [0.15, 0.2) is 76.4 Å². The molecule has 2 N–H and O–H groups in total. The standard InChI is InChI=1S/C41H32ClF6N9O6S2/c1-55-34-29(11-9-26(42)32(34)38(53-55)54-65(3,62)63)57-39(51-37-23(40(57)59)8-10-27(50-37)19-4-6-22(7-5-19)64(2,60)61)28(14-18-12-20(43)15-21(44)13-18)49-30(58)17-56-35-31(33(52-56)36(45)46)24-16-25(24)41(35,47)48/h4-13,15,24-25,28,36H,14,16-17H2,1-3H3,(H,49,58)(H,53,54)/t24-,25+,28-/m0/s1. The highest BCUT2D eigenvalue weighted by Crippen LogP contribution is 2.68. The fourth-order valence-electron chi connectivity index (χ4n) is 8.49. The number of aromatic nitrogens is 7. The van der Waals surface area contributed by atoms with E-state index in [1.54, 1.807) is 0 Å². The smallest absolute Gasteiger partial charge is 0.293 e. The van der Waals surface area contributed by atoms with Gasteiger partial charge in [-0.2, -0.15) is 19.0 Å². The summed E-state index contributed by atoms with van der Waals surface area (Å²) in [6, 6.07) is 12.0. The van der Waals surface area contributed by atoms with E-state index < -0.39 is 97.5 Å². The Balaban J connectivity index is 1.26. The summed E-state index contributed by atoms with van der Waals surface area (Å²) in [4.78, 5) is 38.5. The molecule has 9 rings (SSSR count). The van der Waals surface area contributed by atoms with Crippen molar-refractivity contribution in [3.8, 4) is 16.9 Å². The lowest BCUT2D eigenvalue weighted by Crippen LogP contribution is -2.38. The molecule has 1 saturated carbocycles. The maximum absolute atomic E-state index is 15.5. The molecule has 3 atom stereocenters. The quantitative estimate of drug-likeness (QED) is 0.128. The lowest BCUT2D eigenvalue weighted by Gasteiger charge is -2.24. The number of rotatable bonds is 12. The number of carbonyl (C=O) groups excluding carboxylic acids is 1. The molecule has 0 spiro atoms. The van der Waals surface area contributed by atoms with Crippen LogP contribution in [0.2, 0.25) is 5.02 Å². The molecule has 7 aromatic rings. The van der Waals surface area contributed by atoms with Crippen LogP contribution in [-0.4, -0.2) is 69.4 Å². The normalized spacial score (nSPS) is 17.1. The first-order valence-electron chi connectivity index (χ1n) is 19.4. The Hall–Kier alpha value is -6.33. The van der Waals surface area contributed by atoms with Crippen LogP contribution in [0.25, 0.3) is 38.9 Å². The van der Waals surface area contributed by atoms with E-state index in [1.807, 2.05) is 0 Å². The maximum atomic E-state index is 15.5. The van der Waals surface area contributed by atoms with E-state index in [0.29, 0.717) is 16.3 Å². The van der Waals surface area contributed by atoms with E-state index in [4.69, 9.17) is 16.6 Å². The molecule has 24 heteroatoms. The molecule has 0 aliphatic heterocycles. The number of pyridine rings is 1. The van der Waals surface area contributed by atoms with Crippen molar-refractivity contribution in [3.05, 3.63) is 122 Å². The molecular weight excluding hydrogens is 928 g/mol. The first-order valence-corrected chi connectivity index (χ1v) is 23.5. The minimum absolute atomic E-state index is 0.0102. The highest BCUT2D eigenvalue weighted by atomic mass is 35.5. The molecule has 4 aromatic heterocycles. The van der Waals surface area contributed by atoms with Crippen LogP contribution < -0.4 is 15.6 Å². The molecular formula is C41H32ClF6N9O6S2. The highest BCUT2D eigenvalue weighted by Gasteiger charge is 2.67. The fraction of sp³-hybridized carbons (Fsp3) is 0.268. The zero-order valence-corrected chi connectivity index (χ0v) is 36.2. The van der Waals surface area contributed by atoms with Gasteiger partial charge in [-0.25, -0.2) is 44.4 Å². The number of anilines is 1. The van der Waals surface area contributed by atoms with Gasteiger partial charge in [-0.1, -0.05) is 23.7 Å². The number of nitrogens with zero attached hydrogens (tertiary/aromatic N) is 7. The van der Waals surface area contributed by atoms with E-state index in [2.05, 4.69) is 25.2 Å². The predicted octanol–water partition coefficient (Wildman–Crippen LogP) is 6.48. The average Bonchev–Trinajstić information content (AvgIpc) is 3.75. The van der Waals surface area contributed by atoms with Gasteiger partial charge in [0.25, 0.3) is 17.9 Å². The van der Waals surface area contributed by atoms with Crippen LogP contribution in [0, 0.1) is 17.6 Å². The molecule has 0 unspecified atom stereocenters. The monoisotopic (exact) mass is 959 g/mol. The number of hydrogen-bond acceptors (Lipinski definition) is 10. The number of hydrogen-bond donors (Lipinski definition) is 2. The predicted molar refractivity (Wildman–Crippen MR) is 224 cm³/mol. The molecule has 0 radical (unpaired) electrons. The minimum Gasteiger partial charge on any atom is -0.344 e. The molecule has 1 fully saturated rings. The minimum atomic E-state index is -3.95. The number of carbonyl (C=O) groups is 1. The van der Waals surface area contributed by atoms with Gasteiger partial charge in [0, 0.05) is 42.8 Å². The maximum Gasteiger partial charge on any atom is 0.293 e. The van der Waals surface area contributed by atoms with Gasteiger partial charge in [-0.05, 0) is 66.4 Å². The zero-order chi connectivity index (χ0) is 46.7. The molecule has 0 saturated heterocycles. The third kappa shape index (κ3) is 7.87. The van der Waals surface area contributed by atoms with Crippen LogP contribution in [0.5, 0.6) is 0 Å². The van der Waals surface area contributed by atoms with Crippen molar-refractivity contribution >= 4 is 65.1 Å². The van der Waals surface area contributed by atoms with E-state index in [-0.39, 0.29) is 72.4 Å². The Labute approximate surface area is 369 Å². The highest BCUT2D eigenvalue weighted by molar-refractivity contribution is 7.92. The summed E-state index contributed by atoms with van der Waals surface area (Å²) in [7, 11) is -6.10. The van der Waals surface area contributed by atoms with Gasteiger partial charge in [0.2, 0.25) is 15.9 Å². The Kier molecular flexibility index (Phi) is 10.4. The van der Waals surface area contributed by atoms with E-state index in [0.717, 1.165) is 29.2 Å². The van der Waals surface area contributed by atoms with Gasteiger partial charge in [-0.15, -0.1) is 0 Å². The SMILES string of the molecule is Cn1nc(NS(C)(=O)=O)c2c(Cl)ccc(-n3c([C@H](Cc4cc(F)cc(F)c4)NC(=O)Cn4nc(C(F)F)c5c4C(F)(F)[C@@H]4C[C@H]54)nc4nc(-c5ccc(S(C)(=O)=O)cc5)ccc4c3=O)c21. The number of halogens is 7. The number of benzene rings is 3. The Morgan fingerprint density at radius 1 is 0.954 bits per heavy atom. The topological polar surface area (TPSA) is 193 Å². The van der Waals surface area contributed by atoms with Crippen molar-refractivity contribution in [2.75, 3.05) is 17.2 Å². The number of alkyl halides is 4. The van der Waals surface area contributed by atoms with Gasteiger partial charge in [0.1, 0.15) is 35.4 Å². The second kappa shape index (κ2) is 15.4. The summed E-state index contributed by atoms with van der Waals surface area (Å²) in [5.41, 5.74) is -2.60. The number of amides is 1. The third-order valence-corrected chi connectivity index (χ3v) is 13.3. The van der Waals surface area contributed by atoms with Crippen LogP contribution >= 0.6 is 11.6 Å². The second-order valence-corrected chi connectivity index (χ2v) is 20.1. The summed E-state index contributed by atoms with van der Waals surface area (Å²) in [6.07, 6.45) is -1.89. The van der Waals surface area contributed by atoms with E-state index in [9.17, 15) is 39.2 Å². The largest absolute Gasteiger partial charge is 0.344 e. The van der Waals surface area contributed by atoms with Crippen molar-refractivity contribution in [1.82, 2.24) is 39.4 Å². The molecule has 2 aliphatic rings. The number of aryl methyl sites for hydroxylation is 1. The van der Waals surface area contributed by atoms with Crippen molar-refractivity contribution < 1.29 is 48.0 Å². The summed E-state index contributed by atoms with van der Waals surface area (Å²) >= 11 is 6.62. The second-order valence-electron chi connectivity index (χ2n) is 15.9. The van der Waals surface area contributed by atoms with Crippen LogP contribution in [0.3, 0.4) is 0 Å². The molecule has 0 bridgehead atoms. The Morgan fingerprint density at radius 3 is 2.29 bits per heavy atom. The van der Waals surface area contributed by atoms with Gasteiger partial charge < -0.3 is 5.32 Å². The first kappa shape index (κ1) is 43.9. The van der Waals surface area contributed by atoms with Gasteiger partial charge in [-0.3, -0.25) is 28.2 Å². The van der Waals surface area contributed by atoms with Crippen LogP contribution in [0.1, 0.15) is 53.1 Å². The first-order chi connectivity index (χ1) is 30.5. The molecule has 4 heterocycles. The molecule has 65 heavy (non-hydrogen) atoms. The lowest BCUT2D eigenvalue weighted by atomic mass is 10.0. The lowest BCUT2D eigenvalue weighted by molar-refractivity contribution is -0.123. The molecule has 2 aliphatic carbocycles. The third-order valence-electron chi connectivity index (χ3n) is 11.2. The number of fused-ring (bicyclic) bond motifs is 5. The number of nitrogens with one attached hydrogen (secondary N) is 2.